The molecule has 0 saturated carbocycles. The molecule has 1 aliphatic heterocycles. The number of aromatic nitrogens is 1. The fourth-order valence-electron chi connectivity index (χ4n) is 2.86. The number of hydrogen-bond acceptors (Lipinski definition) is 5. The Labute approximate surface area is 173 Å². The lowest BCUT2D eigenvalue weighted by molar-refractivity contribution is 0.107. The van der Waals surface area contributed by atoms with Gasteiger partial charge in [0, 0.05) is 56.4 Å². The minimum absolute atomic E-state index is 0. The van der Waals surface area contributed by atoms with Crippen LogP contribution in [-0.4, -0.2) is 72.6 Å². The zero-order valence-corrected chi connectivity index (χ0v) is 19.1. The van der Waals surface area contributed by atoms with E-state index in [2.05, 4.69) is 58.1 Å². The van der Waals surface area contributed by atoms with Crippen molar-refractivity contribution >= 4 is 41.3 Å². The molecule has 25 heavy (non-hydrogen) atoms. The molecular formula is C17H33IN6S. The van der Waals surface area contributed by atoms with Crippen LogP contribution in [0.15, 0.2) is 11.2 Å². The Morgan fingerprint density at radius 2 is 2.00 bits per heavy atom. The van der Waals surface area contributed by atoms with Crippen LogP contribution in [0.3, 0.4) is 0 Å². The standard InChI is InChI=1S/C17H32N6S.HI/c1-5-18-17(21-13-16-19-12-15(4)24-16)20-11-14(3)23-9-7-22(6-2)8-10-23;/h12,14H,5-11,13H2,1-4H3,(H2,18,20,21);1H. The van der Waals surface area contributed by atoms with Crippen molar-refractivity contribution in [2.75, 3.05) is 45.8 Å². The summed E-state index contributed by atoms with van der Waals surface area (Å²) in [7, 11) is 0. The summed E-state index contributed by atoms with van der Waals surface area (Å²) in [5.41, 5.74) is 0. The maximum absolute atomic E-state index is 4.66. The van der Waals surface area contributed by atoms with Gasteiger partial charge in [0.15, 0.2) is 5.96 Å². The average Bonchev–Trinajstić information content (AvgIpc) is 3.02. The third kappa shape index (κ3) is 7.76. The molecule has 0 amide bonds. The van der Waals surface area contributed by atoms with Gasteiger partial charge >= 0.3 is 0 Å². The number of rotatable bonds is 7. The molecule has 144 valence electrons. The summed E-state index contributed by atoms with van der Waals surface area (Å²) in [6, 6.07) is 0.509. The molecule has 1 fully saturated rings. The lowest BCUT2D eigenvalue weighted by Crippen LogP contribution is -2.53. The summed E-state index contributed by atoms with van der Waals surface area (Å²) < 4.78 is 0. The maximum atomic E-state index is 4.66. The monoisotopic (exact) mass is 480 g/mol. The van der Waals surface area contributed by atoms with Crippen LogP contribution in [-0.2, 0) is 6.54 Å². The van der Waals surface area contributed by atoms with E-state index >= 15 is 0 Å². The number of aliphatic imine (C=N–C) groups is 1. The summed E-state index contributed by atoms with van der Waals surface area (Å²) in [6.07, 6.45) is 1.91. The third-order valence-corrected chi connectivity index (χ3v) is 5.33. The minimum Gasteiger partial charge on any atom is -0.357 e. The first-order chi connectivity index (χ1) is 11.6. The van der Waals surface area contributed by atoms with Crippen LogP contribution >= 0.6 is 35.3 Å². The number of aryl methyl sites for hydroxylation is 1. The van der Waals surface area contributed by atoms with E-state index in [1.807, 2.05) is 6.20 Å². The van der Waals surface area contributed by atoms with Crippen LogP contribution in [0.2, 0.25) is 0 Å². The maximum Gasteiger partial charge on any atom is 0.191 e. The van der Waals surface area contributed by atoms with Crippen molar-refractivity contribution in [1.29, 1.82) is 0 Å². The van der Waals surface area contributed by atoms with E-state index in [-0.39, 0.29) is 24.0 Å². The number of nitrogens with one attached hydrogen (secondary N) is 2. The van der Waals surface area contributed by atoms with Crippen LogP contribution in [0.5, 0.6) is 0 Å². The van der Waals surface area contributed by atoms with E-state index in [1.165, 1.54) is 18.0 Å². The highest BCUT2D eigenvalue weighted by Crippen LogP contribution is 2.11. The molecule has 8 heteroatoms. The summed E-state index contributed by atoms with van der Waals surface area (Å²) in [5, 5.41) is 7.87. The van der Waals surface area contributed by atoms with Gasteiger partial charge in [-0.1, -0.05) is 6.92 Å². The second kappa shape index (κ2) is 12.0. The predicted octanol–water partition coefficient (Wildman–Crippen LogP) is 2.15. The Morgan fingerprint density at radius 1 is 1.28 bits per heavy atom. The molecule has 6 nitrogen and oxygen atoms in total. The fraction of sp³-hybridized carbons (Fsp3) is 0.765. The molecule has 1 aliphatic rings. The van der Waals surface area contributed by atoms with Crippen LogP contribution in [0.1, 0.15) is 30.7 Å². The highest BCUT2D eigenvalue weighted by molar-refractivity contribution is 14.0. The second-order valence-corrected chi connectivity index (χ2v) is 7.58. The van der Waals surface area contributed by atoms with Gasteiger partial charge in [-0.25, -0.2) is 9.98 Å². The van der Waals surface area contributed by atoms with Crippen molar-refractivity contribution in [2.24, 2.45) is 4.99 Å². The van der Waals surface area contributed by atoms with Crippen LogP contribution in [0, 0.1) is 6.92 Å². The molecule has 2 N–H and O–H groups in total. The molecule has 1 aromatic rings. The minimum atomic E-state index is 0. The van der Waals surface area contributed by atoms with Crippen molar-refractivity contribution in [3.8, 4) is 0 Å². The number of piperazine rings is 1. The number of nitrogens with zero attached hydrogens (tertiary/aromatic N) is 4. The second-order valence-electron chi connectivity index (χ2n) is 6.26. The summed E-state index contributed by atoms with van der Waals surface area (Å²) in [6.45, 7) is 17.0. The van der Waals surface area contributed by atoms with E-state index in [9.17, 15) is 0 Å². The summed E-state index contributed by atoms with van der Waals surface area (Å²) in [5.74, 6) is 0.879. The van der Waals surface area contributed by atoms with E-state index < -0.39 is 0 Å². The van der Waals surface area contributed by atoms with E-state index in [0.717, 1.165) is 43.7 Å². The molecule has 0 spiro atoms. The van der Waals surface area contributed by atoms with E-state index in [4.69, 9.17) is 0 Å². The number of thiazole rings is 1. The summed E-state index contributed by atoms with van der Waals surface area (Å²) >= 11 is 1.71. The third-order valence-electron chi connectivity index (χ3n) is 4.43. The highest BCUT2D eigenvalue weighted by atomic mass is 127. The molecule has 0 aliphatic carbocycles. The van der Waals surface area contributed by atoms with E-state index in [1.54, 1.807) is 11.3 Å². The molecule has 1 unspecified atom stereocenters. The van der Waals surface area contributed by atoms with Gasteiger partial charge in [-0.3, -0.25) is 4.90 Å². The van der Waals surface area contributed by atoms with Gasteiger partial charge in [0.25, 0.3) is 0 Å². The Kier molecular flexibility index (Phi) is 10.9. The molecule has 0 radical (unpaired) electrons. The van der Waals surface area contributed by atoms with Gasteiger partial charge in [0.1, 0.15) is 5.01 Å². The molecule has 1 saturated heterocycles. The molecule has 1 aromatic heterocycles. The van der Waals surface area contributed by atoms with Gasteiger partial charge in [-0.15, -0.1) is 35.3 Å². The van der Waals surface area contributed by atoms with Crippen molar-refractivity contribution < 1.29 is 0 Å². The largest absolute Gasteiger partial charge is 0.357 e. The van der Waals surface area contributed by atoms with E-state index in [0.29, 0.717) is 12.6 Å². The molecule has 2 heterocycles. The Balaban J connectivity index is 0.00000312. The van der Waals surface area contributed by atoms with Crippen molar-refractivity contribution in [3.05, 3.63) is 16.1 Å². The van der Waals surface area contributed by atoms with Crippen molar-refractivity contribution in [1.82, 2.24) is 25.4 Å². The zero-order valence-electron chi connectivity index (χ0n) is 15.9. The van der Waals surface area contributed by atoms with Gasteiger partial charge in [-0.2, -0.15) is 0 Å². The molecule has 0 aromatic carbocycles. The van der Waals surface area contributed by atoms with Crippen LogP contribution < -0.4 is 10.6 Å². The number of hydrogen-bond donors (Lipinski definition) is 2. The predicted molar refractivity (Wildman–Crippen MR) is 118 cm³/mol. The molecule has 0 bridgehead atoms. The van der Waals surface area contributed by atoms with Crippen LogP contribution in [0.4, 0.5) is 0 Å². The molecule has 2 rings (SSSR count). The van der Waals surface area contributed by atoms with Gasteiger partial charge < -0.3 is 15.5 Å². The average molecular weight is 480 g/mol. The van der Waals surface area contributed by atoms with Crippen molar-refractivity contribution in [2.45, 2.75) is 40.3 Å². The quantitative estimate of drug-likeness (QED) is 0.356. The van der Waals surface area contributed by atoms with Gasteiger partial charge in [0.2, 0.25) is 0 Å². The Morgan fingerprint density at radius 3 is 2.56 bits per heavy atom. The van der Waals surface area contributed by atoms with Crippen molar-refractivity contribution in [3.63, 3.8) is 0 Å². The first-order valence-corrected chi connectivity index (χ1v) is 9.83. The Bertz CT molecular complexity index is 513. The smallest absolute Gasteiger partial charge is 0.191 e. The topological polar surface area (TPSA) is 55.8 Å². The number of halogens is 1. The van der Waals surface area contributed by atoms with Crippen LogP contribution in [0.25, 0.3) is 0 Å². The highest BCUT2D eigenvalue weighted by Gasteiger charge is 2.20. The first-order valence-electron chi connectivity index (χ1n) is 9.02. The van der Waals surface area contributed by atoms with Gasteiger partial charge in [0.05, 0.1) is 6.54 Å². The molecule has 1 atom stereocenters. The SMILES string of the molecule is CCNC(=NCc1ncc(C)s1)NCC(C)N1CCN(CC)CC1.I. The number of likely N-dealkylation sites (N-methyl/N-ethyl adjacent to an activating group) is 1. The van der Waals surface area contributed by atoms with Gasteiger partial charge in [-0.05, 0) is 27.3 Å². The summed E-state index contributed by atoms with van der Waals surface area (Å²) in [4.78, 5) is 15.3. The first kappa shape index (κ1) is 22.6. The number of guanidine groups is 1. The Hall–Kier alpha value is -0.450. The lowest BCUT2D eigenvalue weighted by atomic mass is 10.2. The molecular weight excluding hydrogens is 447 g/mol. The normalized spacial score (nSPS) is 17.8. The zero-order chi connectivity index (χ0) is 17.4. The fourth-order valence-corrected chi connectivity index (χ4v) is 3.57. The lowest BCUT2D eigenvalue weighted by Gasteiger charge is -2.37.